The molecular formula is C14H16N4O2S. The number of aromatic amines is 1. The van der Waals surface area contributed by atoms with Crippen molar-refractivity contribution in [3.05, 3.63) is 40.2 Å². The van der Waals surface area contributed by atoms with E-state index in [4.69, 9.17) is 0 Å². The lowest BCUT2D eigenvalue weighted by molar-refractivity contribution is 0.254. The Morgan fingerprint density at radius 1 is 1.38 bits per heavy atom. The molecule has 1 aliphatic carbocycles. The largest absolute Gasteiger partial charge is 0.344 e. The van der Waals surface area contributed by atoms with E-state index >= 15 is 0 Å². The number of nitrogens with one attached hydrogen (secondary N) is 4. The molecule has 1 saturated carbocycles. The van der Waals surface area contributed by atoms with Crippen molar-refractivity contribution in [1.82, 2.24) is 9.69 Å². The Balaban J connectivity index is 1.83. The highest BCUT2D eigenvalue weighted by Crippen LogP contribution is 2.41. The maximum absolute atomic E-state index is 11.7. The van der Waals surface area contributed by atoms with Gasteiger partial charge in [-0.3, -0.25) is 9.17 Å². The van der Waals surface area contributed by atoms with Gasteiger partial charge in [0.05, 0.1) is 0 Å². The van der Waals surface area contributed by atoms with Crippen molar-refractivity contribution in [1.29, 1.82) is 0 Å². The predicted octanol–water partition coefficient (Wildman–Crippen LogP) is 2.81. The van der Waals surface area contributed by atoms with Crippen LogP contribution in [0.2, 0.25) is 0 Å². The fourth-order valence-electron chi connectivity index (χ4n) is 2.10. The Hall–Kier alpha value is -2.28. The maximum atomic E-state index is 11.7. The van der Waals surface area contributed by atoms with Gasteiger partial charge in [-0.15, -0.1) is 0 Å². The number of benzene rings is 1. The summed E-state index contributed by atoms with van der Waals surface area (Å²) in [5, 5.41) is 8.75. The van der Waals surface area contributed by atoms with Gasteiger partial charge < -0.3 is 16.0 Å². The van der Waals surface area contributed by atoms with Gasteiger partial charge in [0.15, 0.2) is 0 Å². The van der Waals surface area contributed by atoms with Crippen molar-refractivity contribution in [2.45, 2.75) is 18.8 Å². The van der Waals surface area contributed by atoms with E-state index in [1.807, 2.05) is 12.1 Å². The normalized spacial score (nSPS) is 13.8. The van der Waals surface area contributed by atoms with Crippen LogP contribution in [0.15, 0.2) is 29.1 Å². The molecule has 1 aromatic carbocycles. The van der Waals surface area contributed by atoms with Crippen LogP contribution in [-0.2, 0) is 0 Å². The van der Waals surface area contributed by atoms with Gasteiger partial charge in [-0.1, -0.05) is 12.1 Å². The minimum atomic E-state index is -0.423. The van der Waals surface area contributed by atoms with E-state index in [2.05, 4.69) is 32.5 Å². The molecular weight excluding hydrogens is 288 g/mol. The molecule has 2 aromatic rings. The number of amides is 2. The lowest BCUT2D eigenvalue weighted by Gasteiger charge is -2.08. The van der Waals surface area contributed by atoms with Crippen molar-refractivity contribution in [2.75, 3.05) is 17.7 Å². The minimum absolute atomic E-state index is 0.233. The number of carbonyl (C=O) groups excluding carboxylic acids is 1. The van der Waals surface area contributed by atoms with Gasteiger partial charge in [0, 0.05) is 12.7 Å². The summed E-state index contributed by atoms with van der Waals surface area (Å²) in [6.07, 6.45) is 2.48. The van der Waals surface area contributed by atoms with Crippen molar-refractivity contribution in [2.24, 2.45) is 0 Å². The molecule has 3 rings (SSSR count). The quantitative estimate of drug-likeness (QED) is 0.700. The molecule has 21 heavy (non-hydrogen) atoms. The zero-order valence-electron chi connectivity index (χ0n) is 11.5. The number of hydrogen-bond donors (Lipinski definition) is 4. The summed E-state index contributed by atoms with van der Waals surface area (Å²) in [5.74, 6) is 0.667. The molecule has 0 spiro atoms. The fourth-order valence-corrected chi connectivity index (χ4v) is 2.81. The lowest BCUT2D eigenvalue weighted by atomic mass is 10.1. The lowest BCUT2D eigenvalue weighted by Crippen LogP contribution is -2.27. The summed E-state index contributed by atoms with van der Waals surface area (Å²) in [4.78, 5) is 23.1. The third kappa shape index (κ3) is 3.08. The van der Waals surface area contributed by atoms with Gasteiger partial charge in [-0.2, -0.15) is 0 Å². The van der Waals surface area contributed by atoms with Crippen LogP contribution in [0.4, 0.5) is 21.2 Å². The van der Waals surface area contributed by atoms with E-state index in [9.17, 15) is 9.59 Å². The Morgan fingerprint density at radius 3 is 2.90 bits per heavy atom. The van der Waals surface area contributed by atoms with E-state index in [1.54, 1.807) is 0 Å². The van der Waals surface area contributed by atoms with Crippen LogP contribution in [0.3, 0.4) is 0 Å². The number of H-pyrrole nitrogens is 1. The number of hydrogen-bond acceptors (Lipinski definition) is 4. The van der Waals surface area contributed by atoms with E-state index in [0.717, 1.165) is 17.2 Å². The van der Waals surface area contributed by atoms with Gasteiger partial charge in [0.1, 0.15) is 10.7 Å². The van der Waals surface area contributed by atoms with Gasteiger partial charge in [-0.05, 0) is 48.0 Å². The average molecular weight is 304 g/mol. The molecule has 7 heteroatoms. The number of aromatic nitrogens is 1. The standard InChI is InChI=1S/C14H16N4O2S/c1-15-14(20)17-11-12(19)18-21-13(11)16-10-4-2-3-9(7-10)8-5-6-8/h2-4,7-8,16H,5-6H2,1H3,(H,18,19)(H2,15,17,20). The van der Waals surface area contributed by atoms with Crippen LogP contribution < -0.4 is 21.5 Å². The summed E-state index contributed by atoms with van der Waals surface area (Å²) in [6, 6.07) is 7.72. The van der Waals surface area contributed by atoms with Gasteiger partial charge in [0.25, 0.3) is 5.56 Å². The van der Waals surface area contributed by atoms with Gasteiger partial charge in [-0.25, -0.2) is 4.79 Å². The molecule has 0 radical (unpaired) electrons. The maximum Gasteiger partial charge on any atom is 0.319 e. The second-order valence-electron chi connectivity index (χ2n) is 4.97. The van der Waals surface area contributed by atoms with Gasteiger partial charge in [0.2, 0.25) is 0 Å². The molecule has 1 aromatic heterocycles. The first-order chi connectivity index (χ1) is 10.2. The summed E-state index contributed by atoms with van der Waals surface area (Å²) in [5.41, 5.74) is 2.14. The molecule has 0 bridgehead atoms. The molecule has 6 nitrogen and oxygen atoms in total. The second-order valence-corrected chi connectivity index (χ2v) is 5.78. The minimum Gasteiger partial charge on any atom is -0.344 e. The molecule has 0 aliphatic heterocycles. The highest BCUT2D eigenvalue weighted by Gasteiger charge is 2.23. The second kappa shape index (κ2) is 5.61. The number of rotatable bonds is 4. The first-order valence-electron chi connectivity index (χ1n) is 6.74. The summed E-state index contributed by atoms with van der Waals surface area (Å²) >= 11 is 1.16. The zero-order chi connectivity index (χ0) is 14.8. The van der Waals surface area contributed by atoms with Crippen LogP contribution in [0, 0.1) is 0 Å². The van der Waals surface area contributed by atoms with Crippen molar-refractivity contribution < 1.29 is 4.79 Å². The van der Waals surface area contributed by atoms with Crippen molar-refractivity contribution >= 4 is 33.9 Å². The summed E-state index contributed by atoms with van der Waals surface area (Å²) in [6.45, 7) is 0. The molecule has 4 N–H and O–H groups in total. The van der Waals surface area contributed by atoms with Crippen LogP contribution >= 0.6 is 11.5 Å². The zero-order valence-corrected chi connectivity index (χ0v) is 12.3. The van der Waals surface area contributed by atoms with Crippen LogP contribution in [0.25, 0.3) is 0 Å². The SMILES string of the molecule is CNC(=O)Nc1c(Nc2cccc(C3CC3)c2)s[nH]c1=O. The van der Waals surface area contributed by atoms with Crippen LogP contribution in [0.5, 0.6) is 0 Å². The van der Waals surface area contributed by atoms with Crippen LogP contribution in [0.1, 0.15) is 24.3 Å². The predicted molar refractivity (Wildman–Crippen MR) is 84.7 cm³/mol. The molecule has 1 heterocycles. The summed E-state index contributed by atoms with van der Waals surface area (Å²) < 4.78 is 2.62. The van der Waals surface area contributed by atoms with E-state index < -0.39 is 6.03 Å². The number of carbonyl (C=O) groups is 1. The Labute approximate surface area is 125 Å². The van der Waals surface area contributed by atoms with Crippen molar-refractivity contribution in [3.63, 3.8) is 0 Å². The topological polar surface area (TPSA) is 86.0 Å². The molecule has 1 aliphatic rings. The smallest absolute Gasteiger partial charge is 0.319 e. The Morgan fingerprint density at radius 2 is 2.19 bits per heavy atom. The third-order valence-corrected chi connectivity index (χ3v) is 4.16. The van der Waals surface area contributed by atoms with Gasteiger partial charge >= 0.3 is 6.03 Å². The molecule has 0 atom stereocenters. The summed E-state index contributed by atoms with van der Waals surface area (Å²) in [7, 11) is 1.50. The number of urea groups is 1. The van der Waals surface area contributed by atoms with E-state index in [-0.39, 0.29) is 11.2 Å². The van der Waals surface area contributed by atoms with Crippen LogP contribution in [-0.4, -0.2) is 17.5 Å². The number of anilines is 3. The first kappa shape index (κ1) is 13.7. The average Bonchev–Trinajstić information content (AvgIpc) is 3.29. The molecule has 110 valence electrons. The van der Waals surface area contributed by atoms with Crippen molar-refractivity contribution in [3.8, 4) is 0 Å². The molecule has 1 fully saturated rings. The first-order valence-corrected chi connectivity index (χ1v) is 7.56. The highest BCUT2D eigenvalue weighted by atomic mass is 32.1. The van der Waals surface area contributed by atoms with E-state index in [1.165, 1.54) is 25.5 Å². The molecule has 2 amide bonds. The van der Waals surface area contributed by atoms with E-state index in [0.29, 0.717) is 10.9 Å². The monoisotopic (exact) mass is 304 g/mol. The molecule has 0 saturated heterocycles. The highest BCUT2D eigenvalue weighted by molar-refractivity contribution is 7.11. The Bertz CT molecular complexity index is 718. The fraction of sp³-hybridized carbons (Fsp3) is 0.286. The third-order valence-electron chi connectivity index (χ3n) is 3.36. The molecule has 0 unspecified atom stereocenters. The Kier molecular flexibility index (Phi) is 3.66.